The molecule has 9 heteroatoms. The fourth-order valence-electron chi connectivity index (χ4n) is 3.35. The van der Waals surface area contributed by atoms with Crippen molar-refractivity contribution in [3.05, 3.63) is 83.3 Å². The van der Waals surface area contributed by atoms with Crippen LogP contribution in [0.15, 0.2) is 59.7 Å². The highest BCUT2D eigenvalue weighted by atomic mass is 19.2. The number of nitrogen functional groups attached to an aromatic ring is 1. The summed E-state index contributed by atoms with van der Waals surface area (Å²) in [6.45, 7) is 0.835. The van der Waals surface area contributed by atoms with Crippen molar-refractivity contribution in [2.75, 3.05) is 5.73 Å². The fourth-order valence-corrected chi connectivity index (χ4v) is 3.35. The SMILES string of the molecule is Nc1ccc(-c2ccc(CN3Cc4nc(-c5cccc(F)c5F)[nH]c4C=N3)nn2)cc1. The highest BCUT2D eigenvalue weighted by molar-refractivity contribution is 5.80. The van der Waals surface area contributed by atoms with Gasteiger partial charge in [-0.2, -0.15) is 15.3 Å². The van der Waals surface area contributed by atoms with Crippen LogP contribution in [0.3, 0.4) is 0 Å². The number of nitrogens with two attached hydrogens (primary N) is 1. The van der Waals surface area contributed by atoms with E-state index in [1.165, 1.54) is 12.1 Å². The zero-order valence-electron chi connectivity index (χ0n) is 16.3. The van der Waals surface area contributed by atoms with Gasteiger partial charge in [-0.1, -0.05) is 18.2 Å². The number of nitrogens with zero attached hydrogens (tertiary/aromatic N) is 5. The summed E-state index contributed by atoms with van der Waals surface area (Å²) in [6.07, 6.45) is 1.61. The minimum absolute atomic E-state index is 0.0819. The Balaban J connectivity index is 1.31. The minimum Gasteiger partial charge on any atom is -0.399 e. The summed E-state index contributed by atoms with van der Waals surface area (Å²) in [7, 11) is 0. The molecular formula is C22H17F2N7. The molecule has 0 radical (unpaired) electrons. The first-order valence-electron chi connectivity index (χ1n) is 9.57. The van der Waals surface area contributed by atoms with Gasteiger partial charge >= 0.3 is 0 Å². The highest BCUT2D eigenvalue weighted by Gasteiger charge is 2.20. The first-order valence-corrected chi connectivity index (χ1v) is 9.57. The molecule has 0 aliphatic carbocycles. The molecule has 2 aromatic carbocycles. The van der Waals surface area contributed by atoms with Gasteiger partial charge in [0.2, 0.25) is 0 Å². The summed E-state index contributed by atoms with van der Waals surface area (Å²) in [5.74, 6) is -1.58. The Hall–Kier alpha value is -4.14. The van der Waals surface area contributed by atoms with E-state index in [0.29, 0.717) is 30.2 Å². The summed E-state index contributed by atoms with van der Waals surface area (Å²) in [5.41, 5.74) is 10.3. The molecule has 2 aromatic heterocycles. The van der Waals surface area contributed by atoms with Gasteiger partial charge in [0.25, 0.3) is 0 Å². The number of fused-ring (bicyclic) bond motifs is 1. The summed E-state index contributed by atoms with van der Waals surface area (Å²) < 4.78 is 27.6. The maximum Gasteiger partial charge on any atom is 0.169 e. The normalized spacial score (nSPS) is 12.8. The van der Waals surface area contributed by atoms with E-state index in [2.05, 4.69) is 25.3 Å². The van der Waals surface area contributed by atoms with E-state index >= 15 is 0 Å². The molecule has 3 N–H and O–H groups in total. The molecule has 0 saturated heterocycles. The fraction of sp³-hybridized carbons (Fsp3) is 0.0909. The number of halogens is 2. The van der Waals surface area contributed by atoms with Crippen molar-refractivity contribution < 1.29 is 8.78 Å². The van der Waals surface area contributed by atoms with Crippen molar-refractivity contribution in [2.24, 2.45) is 5.10 Å². The topological polar surface area (TPSA) is 96.1 Å². The van der Waals surface area contributed by atoms with Gasteiger partial charge < -0.3 is 10.7 Å². The predicted octanol–water partition coefficient (Wildman–Crippen LogP) is 3.74. The van der Waals surface area contributed by atoms with E-state index in [9.17, 15) is 8.78 Å². The number of hydrogen-bond acceptors (Lipinski definition) is 6. The molecule has 3 heterocycles. The molecule has 1 aliphatic heterocycles. The number of rotatable bonds is 4. The second kappa shape index (κ2) is 7.60. The Morgan fingerprint density at radius 2 is 1.84 bits per heavy atom. The molecule has 4 aromatic rings. The summed E-state index contributed by atoms with van der Waals surface area (Å²) >= 11 is 0. The molecule has 0 bridgehead atoms. The van der Waals surface area contributed by atoms with Crippen LogP contribution in [-0.2, 0) is 13.1 Å². The number of nitrogens with one attached hydrogen (secondary N) is 1. The third-order valence-electron chi connectivity index (χ3n) is 4.97. The third-order valence-corrected chi connectivity index (χ3v) is 4.97. The molecule has 0 saturated carbocycles. The van der Waals surface area contributed by atoms with Crippen LogP contribution in [0.4, 0.5) is 14.5 Å². The van der Waals surface area contributed by atoms with Crippen LogP contribution in [0.2, 0.25) is 0 Å². The van der Waals surface area contributed by atoms with Crippen molar-refractivity contribution in [1.82, 2.24) is 25.2 Å². The monoisotopic (exact) mass is 417 g/mol. The average Bonchev–Trinajstić information content (AvgIpc) is 3.20. The molecule has 0 amide bonds. The lowest BCUT2D eigenvalue weighted by molar-refractivity contribution is 0.261. The van der Waals surface area contributed by atoms with Gasteiger partial charge in [-0.05, 0) is 36.4 Å². The zero-order valence-corrected chi connectivity index (χ0v) is 16.3. The number of H-pyrrole nitrogens is 1. The molecule has 7 nitrogen and oxygen atoms in total. The van der Waals surface area contributed by atoms with Crippen molar-refractivity contribution in [3.63, 3.8) is 0 Å². The number of hydrogen-bond donors (Lipinski definition) is 2. The second-order valence-corrected chi connectivity index (χ2v) is 7.15. The van der Waals surface area contributed by atoms with Crippen LogP contribution in [0.1, 0.15) is 17.1 Å². The maximum absolute atomic E-state index is 14.1. The molecule has 1 aliphatic rings. The summed E-state index contributed by atoms with van der Waals surface area (Å²) in [4.78, 5) is 7.44. The maximum atomic E-state index is 14.1. The Morgan fingerprint density at radius 3 is 2.61 bits per heavy atom. The van der Waals surface area contributed by atoms with Crippen molar-refractivity contribution in [3.8, 4) is 22.6 Å². The Morgan fingerprint density at radius 1 is 1.00 bits per heavy atom. The van der Waals surface area contributed by atoms with Crippen LogP contribution >= 0.6 is 0 Å². The molecule has 0 fully saturated rings. The van der Waals surface area contributed by atoms with Crippen molar-refractivity contribution in [2.45, 2.75) is 13.1 Å². The third kappa shape index (κ3) is 3.73. The number of anilines is 1. The first-order chi connectivity index (χ1) is 15.1. The number of hydrazone groups is 1. The van der Waals surface area contributed by atoms with E-state index in [-0.39, 0.29) is 11.4 Å². The number of imidazole rings is 1. The molecule has 31 heavy (non-hydrogen) atoms. The smallest absolute Gasteiger partial charge is 0.169 e. The number of aromatic nitrogens is 4. The number of aromatic amines is 1. The lowest BCUT2D eigenvalue weighted by Gasteiger charge is -2.20. The Kier molecular flexibility index (Phi) is 4.62. The highest BCUT2D eigenvalue weighted by Crippen LogP contribution is 2.25. The van der Waals surface area contributed by atoms with Gasteiger partial charge in [-0.15, -0.1) is 0 Å². The van der Waals surface area contributed by atoms with Gasteiger partial charge in [0.15, 0.2) is 11.6 Å². The van der Waals surface area contributed by atoms with E-state index in [4.69, 9.17) is 5.73 Å². The van der Waals surface area contributed by atoms with Gasteiger partial charge in [-0.25, -0.2) is 13.8 Å². The summed E-state index contributed by atoms with van der Waals surface area (Å²) in [6, 6.07) is 15.2. The Labute approximate surface area is 176 Å². The molecule has 0 spiro atoms. The van der Waals surface area contributed by atoms with Gasteiger partial charge in [-0.3, -0.25) is 5.01 Å². The average molecular weight is 417 g/mol. The standard InChI is InChI=1S/C22H17F2N7/c23-17-3-1-2-16(21(17)24)22-27-19-10-26-31(12-20(19)28-22)11-15-8-9-18(30-29-15)13-4-6-14(25)7-5-13/h1-10H,11-12,25H2,(H,27,28). The zero-order chi connectivity index (χ0) is 21.4. The van der Waals surface area contributed by atoms with Crippen LogP contribution < -0.4 is 5.73 Å². The molecule has 0 atom stereocenters. The van der Waals surface area contributed by atoms with E-state index in [1.807, 2.05) is 36.4 Å². The van der Waals surface area contributed by atoms with Crippen molar-refractivity contribution in [1.29, 1.82) is 0 Å². The molecule has 154 valence electrons. The van der Waals surface area contributed by atoms with Gasteiger partial charge in [0.05, 0.1) is 47.6 Å². The first kappa shape index (κ1) is 18.9. The van der Waals surface area contributed by atoms with E-state index in [0.717, 1.165) is 23.0 Å². The summed E-state index contributed by atoms with van der Waals surface area (Å²) in [5, 5.41) is 14.7. The van der Waals surface area contributed by atoms with Crippen molar-refractivity contribution >= 4 is 11.9 Å². The second-order valence-electron chi connectivity index (χ2n) is 7.15. The molecule has 0 unspecified atom stereocenters. The lowest BCUT2D eigenvalue weighted by Crippen LogP contribution is -2.22. The largest absolute Gasteiger partial charge is 0.399 e. The quantitative estimate of drug-likeness (QED) is 0.493. The number of benzene rings is 2. The molecular weight excluding hydrogens is 400 g/mol. The minimum atomic E-state index is -0.932. The van der Waals surface area contributed by atoms with Gasteiger partial charge in [0.1, 0.15) is 5.82 Å². The van der Waals surface area contributed by atoms with Crippen LogP contribution in [0, 0.1) is 11.6 Å². The molecule has 5 rings (SSSR count). The lowest BCUT2D eigenvalue weighted by atomic mass is 10.1. The Bertz CT molecular complexity index is 1260. The van der Waals surface area contributed by atoms with Crippen LogP contribution in [0.25, 0.3) is 22.6 Å². The van der Waals surface area contributed by atoms with Crippen LogP contribution in [-0.4, -0.2) is 31.4 Å². The van der Waals surface area contributed by atoms with E-state index in [1.54, 1.807) is 11.2 Å². The van der Waals surface area contributed by atoms with Crippen LogP contribution in [0.5, 0.6) is 0 Å². The predicted molar refractivity (Wildman–Crippen MR) is 113 cm³/mol. The van der Waals surface area contributed by atoms with E-state index < -0.39 is 11.6 Å². The van der Waals surface area contributed by atoms with Gasteiger partial charge in [0, 0.05) is 11.3 Å².